The van der Waals surface area contributed by atoms with Crippen molar-refractivity contribution in [3.05, 3.63) is 76.6 Å². The van der Waals surface area contributed by atoms with Crippen molar-refractivity contribution < 1.29 is 65.8 Å². The number of nitrogens with zero attached hydrogens (tertiary/aromatic N) is 3. The lowest BCUT2D eigenvalue weighted by atomic mass is 9.99. The lowest BCUT2D eigenvalue weighted by Crippen LogP contribution is -2.29. The summed E-state index contributed by atoms with van der Waals surface area (Å²) >= 11 is 0. The van der Waals surface area contributed by atoms with E-state index in [4.69, 9.17) is 23.2 Å². The molecule has 5 N–H and O–H groups in total. The van der Waals surface area contributed by atoms with Gasteiger partial charge in [-0.3, -0.25) is 37.8 Å². The Hall–Kier alpha value is -3.04. The van der Waals surface area contributed by atoms with Gasteiger partial charge in [-0.1, -0.05) is 47.9 Å². The molecule has 1 heterocycles. The van der Waals surface area contributed by atoms with Crippen molar-refractivity contribution in [2.45, 2.75) is 66.5 Å². The summed E-state index contributed by atoms with van der Waals surface area (Å²) in [5.74, 6) is 11.7. The molecule has 4 unspecified atom stereocenters. The number of pyridine rings is 1. The Bertz CT molecular complexity index is 2080. The van der Waals surface area contributed by atoms with Crippen molar-refractivity contribution in [3.63, 3.8) is 0 Å². The highest BCUT2D eigenvalue weighted by molar-refractivity contribution is 7.54. The number of benzene rings is 2. The minimum Gasteiger partial charge on any atom is -0.481 e. The normalized spacial score (nSPS) is 15.6. The molecular formula is C38H53N3O14P4. The maximum atomic E-state index is 12.9. The van der Waals surface area contributed by atoms with E-state index in [-0.39, 0.29) is 57.3 Å². The molecule has 0 aliphatic carbocycles. The Kier molecular flexibility index (Phi) is 20.3. The third kappa shape index (κ3) is 18.6. The molecule has 3 aromatic rings. The number of hydrogen-bond donors (Lipinski definition) is 5. The van der Waals surface area contributed by atoms with Crippen molar-refractivity contribution in [2.24, 2.45) is 0 Å². The summed E-state index contributed by atoms with van der Waals surface area (Å²) < 4.78 is 71.7. The summed E-state index contributed by atoms with van der Waals surface area (Å²) in [7, 11) is -17.2. The van der Waals surface area contributed by atoms with E-state index in [2.05, 4.69) is 28.7 Å². The topological polar surface area (TPSA) is 243 Å². The minimum absolute atomic E-state index is 0.0869. The Balaban J connectivity index is 2.15. The molecule has 0 aliphatic rings. The maximum Gasteiger partial charge on any atom is 0.342 e. The molecule has 0 saturated carbocycles. The number of unbranched alkanes of at least 4 members (excludes halogenated alkanes) is 2. The number of hydrogen-bond acceptors (Lipinski definition) is 12. The predicted octanol–water partition coefficient (Wildman–Crippen LogP) is 6.95. The van der Waals surface area contributed by atoms with Gasteiger partial charge in [-0.05, 0) is 75.6 Å². The van der Waals surface area contributed by atoms with Gasteiger partial charge in [-0.15, -0.1) is 0 Å². The summed E-state index contributed by atoms with van der Waals surface area (Å²) in [6.07, 6.45) is -0.835. The Morgan fingerprint density at radius 2 is 1.03 bits per heavy atom. The second-order valence-electron chi connectivity index (χ2n) is 13.1. The molecule has 0 amide bonds. The molecule has 0 fully saturated rings. The summed E-state index contributed by atoms with van der Waals surface area (Å²) in [6.45, 7) is 5.14. The Morgan fingerprint density at radius 3 is 1.42 bits per heavy atom. The van der Waals surface area contributed by atoms with E-state index in [0.29, 0.717) is 30.4 Å². The summed E-state index contributed by atoms with van der Waals surface area (Å²) in [6, 6.07) is 14.3. The van der Waals surface area contributed by atoms with E-state index in [1.54, 1.807) is 12.1 Å². The summed E-state index contributed by atoms with van der Waals surface area (Å²) in [5.41, 5.74) is 2.17. The van der Waals surface area contributed by atoms with Gasteiger partial charge in [0.2, 0.25) is 0 Å². The van der Waals surface area contributed by atoms with Crippen LogP contribution < -0.4 is 0 Å². The molecule has 324 valence electrons. The number of carbonyl (C=O) groups is 1. The summed E-state index contributed by atoms with van der Waals surface area (Å²) in [4.78, 5) is 59.9. The third-order valence-electron chi connectivity index (χ3n) is 7.97. The van der Waals surface area contributed by atoms with Gasteiger partial charge in [-0.2, -0.15) is 0 Å². The maximum absolute atomic E-state index is 12.9. The number of carboxylic acids is 1. The molecule has 0 aliphatic heterocycles. The summed E-state index contributed by atoms with van der Waals surface area (Å²) in [5, 5.41) is 10.5. The standard InChI is InChI=1S/C38H53N3O14P4/c1-5-52-56(44,45)27-40(28-57(46,47)53-6-2)25-34-23-31(24-35(39-34)26-41(29-58(48,49)54-7-3)30-59(50,51)55-8-4)19-20-33-22-21-32(36-16-13-14-17-37(33)36)15-11-9-10-12-18-38(42)43/h13-14,16-17,21-24H,5-10,12,18,25-30H2,1-4H3,(H,42,43)(H,44,45)(H,46,47)(H,48,49)(H,50,51). The highest BCUT2D eigenvalue weighted by atomic mass is 31.2. The molecule has 59 heavy (non-hydrogen) atoms. The highest BCUT2D eigenvalue weighted by Crippen LogP contribution is 2.49. The van der Waals surface area contributed by atoms with Crippen molar-refractivity contribution in [1.82, 2.24) is 14.8 Å². The third-order valence-corrected chi connectivity index (χ3v) is 13.6. The van der Waals surface area contributed by atoms with Gasteiger partial charge >= 0.3 is 36.4 Å². The fraction of sp³-hybridized carbons (Fsp3) is 0.474. The van der Waals surface area contributed by atoms with Crippen molar-refractivity contribution in [1.29, 1.82) is 0 Å². The van der Waals surface area contributed by atoms with Crippen LogP contribution in [0, 0.1) is 23.7 Å². The van der Waals surface area contributed by atoms with Crippen molar-refractivity contribution in [2.75, 3.05) is 51.6 Å². The molecule has 0 spiro atoms. The molecule has 2 aromatic carbocycles. The van der Waals surface area contributed by atoms with Gasteiger partial charge in [0.05, 0.1) is 37.8 Å². The van der Waals surface area contributed by atoms with E-state index in [0.717, 1.165) is 16.3 Å². The van der Waals surface area contributed by atoms with Crippen LogP contribution in [0.15, 0.2) is 48.5 Å². The Morgan fingerprint density at radius 1 is 0.627 bits per heavy atom. The van der Waals surface area contributed by atoms with Gasteiger partial charge in [-0.25, -0.2) is 0 Å². The molecule has 21 heteroatoms. The molecule has 1 aromatic heterocycles. The minimum atomic E-state index is -4.30. The van der Waals surface area contributed by atoms with Crippen molar-refractivity contribution in [3.8, 4) is 23.7 Å². The molecular weight excluding hydrogens is 846 g/mol. The van der Waals surface area contributed by atoms with E-state index < -0.39 is 61.5 Å². The van der Waals surface area contributed by atoms with Crippen LogP contribution in [0.25, 0.3) is 10.8 Å². The fourth-order valence-corrected chi connectivity index (χ4v) is 11.0. The molecule has 4 atom stereocenters. The first kappa shape index (κ1) is 50.3. The predicted molar refractivity (Wildman–Crippen MR) is 224 cm³/mol. The van der Waals surface area contributed by atoms with Gasteiger partial charge in [0.15, 0.2) is 0 Å². The lowest BCUT2D eigenvalue weighted by molar-refractivity contribution is -0.137. The second kappa shape index (κ2) is 23.8. The number of aromatic nitrogens is 1. The smallest absolute Gasteiger partial charge is 0.342 e. The van der Waals surface area contributed by atoms with Gasteiger partial charge < -0.3 is 42.8 Å². The van der Waals surface area contributed by atoms with Crippen LogP contribution in [-0.2, 0) is 54.2 Å². The van der Waals surface area contributed by atoms with Crippen LogP contribution >= 0.6 is 30.4 Å². The van der Waals surface area contributed by atoms with E-state index in [1.165, 1.54) is 37.5 Å². The molecule has 3 rings (SSSR count). The van der Waals surface area contributed by atoms with Crippen molar-refractivity contribution >= 4 is 47.1 Å². The molecule has 17 nitrogen and oxygen atoms in total. The molecule has 0 radical (unpaired) electrons. The zero-order valence-electron chi connectivity index (χ0n) is 33.6. The monoisotopic (exact) mass is 899 g/mol. The van der Waals surface area contributed by atoms with E-state index in [1.807, 2.05) is 36.4 Å². The number of rotatable bonds is 24. The first-order chi connectivity index (χ1) is 27.8. The van der Waals surface area contributed by atoms with Gasteiger partial charge in [0.1, 0.15) is 25.1 Å². The highest BCUT2D eigenvalue weighted by Gasteiger charge is 2.32. The van der Waals surface area contributed by atoms with Crippen LogP contribution in [0.1, 0.15) is 81.5 Å². The average molecular weight is 900 g/mol. The van der Waals surface area contributed by atoms with E-state index in [9.17, 15) is 42.6 Å². The lowest BCUT2D eigenvalue weighted by Gasteiger charge is -2.27. The van der Waals surface area contributed by atoms with Crippen LogP contribution in [0.3, 0.4) is 0 Å². The van der Waals surface area contributed by atoms with Gasteiger partial charge in [0.25, 0.3) is 0 Å². The first-order valence-corrected chi connectivity index (χ1v) is 25.9. The Labute approximate surface area is 345 Å². The average Bonchev–Trinajstić information content (AvgIpc) is 3.11. The zero-order valence-corrected chi connectivity index (χ0v) is 37.1. The fourth-order valence-electron chi connectivity index (χ4n) is 5.92. The van der Waals surface area contributed by atoms with Crippen LogP contribution in [0.5, 0.6) is 0 Å². The zero-order chi connectivity index (χ0) is 43.7. The van der Waals surface area contributed by atoms with E-state index >= 15 is 0 Å². The quantitative estimate of drug-likeness (QED) is 0.0347. The SMILES string of the molecule is CCOP(=O)(O)CN(Cc1cc(C#Cc2ccc(C#CCCCCC(=O)O)c3ccccc23)cc(CN(CP(=O)(O)OCC)CP(=O)(O)OCC)n1)CP(=O)(O)OCC. The number of carboxylic acid groups (broad SMARTS) is 1. The van der Waals surface area contributed by atoms with Crippen LogP contribution in [-0.4, -0.2) is 97.0 Å². The first-order valence-electron chi connectivity index (χ1n) is 18.8. The number of fused-ring (bicyclic) bond motifs is 1. The second-order valence-corrected chi connectivity index (χ2v) is 20.4. The molecule has 0 bridgehead atoms. The van der Waals surface area contributed by atoms with Crippen LogP contribution in [0.4, 0.5) is 0 Å². The van der Waals surface area contributed by atoms with Gasteiger partial charge in [0, 0.05) is 42.6 Å². The number of aliphatic carboxylic acids is 1. The largest absolute Gasteiger partial charge is 0.481 e. The van der Waals surface area contributed by atoms with Crippen LogP contribution in [0.2, 0.25) is 0 Å². The molecule has 0 saturated heterocycles.